The van der Waals surface area contributed by atoms with Gasteiger partial charge in [0.2, 0.25) is 5.95 Å². The Kier molecular flexibility index (Phi) is 5.18. The Labute approximate surface area is 182 Å². The predicted octanol–water partition coefficient (Wildman–Crippen LogP) is 4.61. The van der Waals surface area contributed by atoms with Gasteiger partial charge in [-0.1, -0.05) is 29.3 Å². The van der Waals surface area contributed by atoms with Crippen LogP contribution in [0, 0.1) is 34.6 Å². The first kappa shape index (κ1) is 20.9. The van der Waals surface area contributed by atoms with Crippen LogP contribution in [0.3, 0.4) is 0 Å². The monoisotopic (exact) mass is 435 g/mol. The Hall–Kier alpha value is -3.39. The first-order chi connectivity index (χ1) is 14.6. The van der Waals surface area contributed by atoms with Gasteiger partial charge in [-0.3, -0.25) is 4.72 Å². The smallest absolute Gasteiger partial charge is 0.261 e. The molecule has 0 aliphatic rings. The molecule has 2 N–H and O–H groups in total. The molecular formula is C23H25N5O2S. The SMILES string of the molecule is Cc1ccc(S(=O)(=O)Nc2ccc(C)cc2-c2nc(-n3nc(C)cc3C)[nH]c2C)cc1. The lowest BCUT2D eigenvalue weighted by atomic mass is 10.1. The minimum Gasteiger partial charge on any atom is -0.326 e. The van der Waals surface area contributed by atoms with E-state index in [1.54, 1.807) is 35.0 Å². The van der Waals surface area contributed by atoms with Gasteiger partial charge in [0.25, 0.3) is 10.0 Å². The molecule has 2 heterocycles. The van der Waals surface area contributed by atoms with Crippen LogP contribution in [-0.4, -0.2) is 28.2 Å². The Morgan fingerprint density at radius 1 is 0.903 bits per heavy atom. The van der Waals surface area contributed by atoms with E-state index in [0.717, 1.165) is 28.2 Å². The maximum absolute atomic E-state index is 13.0. The molecule has 160 valence electrons. The average Bonchev–Trinajstić information content (AvgIpc) is 3.24. The molecule has 0 unspecified atom stereocenters. The summed E-state index contributed by atoms with van der Waals surface area (Å²) in [4.78, 5) is 8.24. The van der Waals surface area contributed by atoms with Gasteiger partial charge in [0.1, 0.15) is 0 Å². The summed E-state index contributed by atoms with van der Waals surface area (Å²) in [5, 5.41) is 4.49. The van der Waals surface area contributed by atoms with Gasteiger partial charge < -0.3 is 4.98 Å². The van der Waals surface area contributed by atoms with Gasteiger partial charge in [-0.15, -0.1) is 0 Å². The highest BCUT2D eigenvalue weighted by Gasteiger charge is 2.20. The summed E-state index contributed by atoms with van der Waals surface area (Å²) < 4.78 is 30.5. The molecule has 0 aliphatic carbocycles. The fraction of sp³-hybridized carbons (Fsp3) is 0.217. The van der Waals surface area contributed by atoms with E-state index in [1.165, 1.54) is 0 Å². The fourth-order valence-corrected chi connectivity index (χ4v) is 4.59. The number of hydrogen-bond donors (Lipinski definition) is 2. The maximum atomic E-state index is 13.0. The van der Waals surface area contributed by atoms with Crippen molar-refractivity contribution in [1.82, 2.24) is 19.7 Å². The van der Waals surface area contributed by atoms with E-state index >= 15 is 0 Å². The summed E-state index contributed by atoms with van der Waals surface area (Å²) in [7, 11) is -3.74. The van der Waals surface area contributed by atoms with Crippen LogP contribution in [0.5, 0.6) is 0 Å². The summed E-state index contributed by atoms with van der Waals surface area (Å²) >= 11 is 0. The van der Waals surface area contributed by atoms with E-state index in [2.05, 4.69) is 14.8 Å². The standard InChI is InChI=1S/C23H25N5O2S/c1-14-6-9-19(10-7-14)31(29,30)27-21-11-8-15(2)12-20(21)22-18(5)24-23(25-22)28-17(4)13-16(3)26-28/h6-13,27H,1-5H3,(H,24,25). The first-order valence-corrected chi connectivity index (χ1v) is 11.4. The third kappa shape index (κ3) is 4.11. The van der Waals surface area contributed by atoms with Crippen molar-refractivity contribution in [2.75, 3.05) is 4.72 Å². The van der Waals surface area contributed by atoms with Crippen molar-refractivity contribution in [1.29, 1.82) is 0 Å². The van der Waals surface area contributed by atoms with Crippen molar-refractivity contribution < 1.29 is 8.42 Å². The fourth-order valence-electron chi connectivity index (χ4n) is 3.51. The van der Waals surface area contributed by atoms with E-state index in [-0.39, 0.29) is 4.90 Å². The van der Waals surface area contributed by atoms with Crippen LogP contribution in [0.1, 0.15) is 28.2 Å². The molecule has 2 aromatic carbocycles. The van der Waals surface area contributed by atoms with Gasteiger partial charge >= 0.3 is 0 Å². The second-order valence-corrected chi connectivity index (χ2v) is 9.52. The molecule has 0 spiro atoms. The molecule has 31 heavy (non-hydrogen) atoms. The van der Waals surface area contributed by atoms with E-state index in [9.17, 15) is 8.42 Å². The van der Waals surface area contributed by atoms with Crippen molar-refractivity contribution in [2.45, 2.75) is 39.5 Å². The molecule has 0 aliphatic heterocycles. The van der Waals surface area contributed by atoms with Gasteiger partial charge in [0, 0.05) is 17.0 Å². The lowest BCUT2D eigenvalue weighted by Crippen LogP contribution is -2.13. The van der Waals surface area contributed by atoms with Gasteiger partial charge in [-0.05, 0) is 65.0 Å². The van der Waals surface area contributed by atoms with Gasteiger partial charge in [-0.2, -0.15) is 5.10 Å². The number of aromatic amines is 1. The number of rotatable bonds is 5. The molecule has 4 aromatic rings. The summed E-state index contributed by atoms with van der Waals surface area (Å²) in [6.07, 6.45) is 0. The van der Waals surface area contributed by atoms with Crippen LogP contribution >= 0.6 is 0 Å². The minimum absolute atomic E-state index is 0.215. The molecule has 0 saturated heterocycles. The van der Waals surface area contributed by atoms with Crippen molar-refractivity contribution in [2.24, 2.45) is 0 Å². The number of aryl methyl sites for hydroxylation is 5. The second kappa shape index (κ2) is 7.70. The first-order valence-electron chi connectivity index (χ1n) is 9.95. The predicted molar refractivity (Wildman–Crippen MR) is 122 cm³/mol. The molecule has 8 heteroatoms. The van der Waals surface area contributed by atoms with Crippen LogP contribution in [0.4, 0.5) is 5.69 Å². The summed E-state index contributed by atoms with van der Waals surface area (Å²) in [5.74, 6) is 0.590. The summed E-state index contributed by atoms with van der Waals surface area (Å²) in [6, 6.07) is 14.3. The van der Waals surface area contributed by atoms with Crippen LogP contribution < -0.4 is 4.72 Å². The zero-order valence-electron chi connectivity index (χ0n) is 18.2. The third-order valence-electron chi connectivity index (χ3n) is 5.09. The topological polar surface area (TPSA) is 92.7 Å². The quantitative estimate of drug-likeness (QED) is 0.479. The minimum atomic E-state index is -3.74. The number of imidazole rings is 1. The molecule has 4 rings (SSSR count). The number of anilines is 1. The van der Waals surface area contributed by atoms with Crippen LogP contribution in [0.2, 0.25) is 0 Å². The molecule has 0 fully saturated rings. The molecule has 0 atom stereocenters. The van der Waals surface area contributed by atoms with Crippen LogP contribution in [0.15, 0.2) is 53.4 Å². The lowest BCUT2D eigenvalue weighted by molar-refractivity contribution is 0.601. The Balaban J connectivity index is 1.78. The largest absolute Gasteiger partial charge is 0.326 e. The van der Waals surface area contributed by atoms with Crippen molar-refractivity contribution in [3.05, 3.63) is 76.7 Å². The number of nitrogens with zero attached hydrogens (tertiary/aromatic N) is 3. The number of H-pyrrole nitrogens is 1. The van der Waals surface area contributed by atoms with Crippen molar-refractivity contribution in [3.8, 4) is 17.2 Å². The van der Waals surface area contributed by atoms with Crippen LogP contribution in [0.25, 0.3) is 17.2 Å². The molecule has 0 radical (unpaired) electrons. The normalized spacial score (nSPS) is 11.6. The highest BCUT2D eigenvalue weighted by atomic mass is 32.2. The van der Waals surface area contributed by atoms with E-state index in [1.807, 2.05) is 52.8 Å². The number of nitrogens with one attached hydrogen (secondary N) is 2. The Morgan fingerprint density at radius 2 is 1.58 bits per heavy atom. The molecule has 7 nitrogen and oxygen atoms in total. The highest BCUT2D eigenvalue weighted by molar-refractivity contribution is 7.92. The zero-order valence-corrected chi connectivity index (χ0v) is 19.0. The van der Waals surface area contributed by atoms with E-state index in [4.69, 9.17) is 4.98 Å². The summed E-state index contributed by atoms with van der Waals surface area (Å²) in [6.45, 7) is 9.69. The summed E-state index contributed by atoms with van der Waals surface area (Å²) in [5.41, 5.74) is 6.54. The molecular weight excluding hydrogens is 410 g/mol. The van der Waals surface area contributed by atoms with Gasteiger partial charge in [0.05, 0.1) is 22.0 Å². The second-order valence-electron chi connectivity index (χ2n) is 7.84. The zero-order chi connectivity index (χ0) is 22.3. The highest BCUT2D eigenvalue weighted by Crippen LogP contribution is 2.32. The van der Waals surface area contributed by atoms with E-state index < -0.39 is 10.0 Å². The third-order valence-corrected chi connectivity index (χ3v) is 6.47. The number of sulfonamides is 1. The molecule has 2 aromatic heterocycles. The Bertz CT molecular complexity index is 1370. The number of benzene rings is 2. The maximum Gasteiger partial charge on any atom is 0.261 e. The van der Waals surface area contributed by atoms with Gasteiger partial charge in [0.15, 0.2) is 0 Å². The Morgan fingerprint density at radius 3 is 2.23 bits per heavy atom. The van der Waals surface area contributed by atoms with Crippen molar-refractivity contribution in [3.63, 3.8) is 0 Å². The molecule has 0 bridgehead atoms. The number of hydrogen-bond acceptors (Lipinski definition) is 4. The van der Waals surface area contributed by atoms with Crippen molar-refractivity contribution >= 4 is 15.7 Å². The van der Waals surface area contributed by atoms with Gasteiger partial charge in [-0.25, -0.2) is 18.1 Å². The van der Waals surface area contributed by atoms with Crippen LogP contribution in [-0.2, 0) is 10.0 Å². The lowest BCUT2D eigenvalue weighted by Gasteiger charge is -2.13. The number of aromatic nitrogens is 4. The molecule has 0 saturated carbocycles. The molecule has 0 amide bonds. The van der Waals surface area contributed by atoms with E-state index in [0.29, 0.717) is 22.9 Å². The average molecular weight is 436 g/mol.